The van der Waals surface area contributed by atoms with Gasteiger partial charge in [-0.15, -0.1) is 11.3 Å². The summed E-state index contributed by atoms with van der Waals surface area (Å²) < 4.78 is 5.55. The zero-order valence-electron chi connectivity index (χ0n) is 20.9. The van der Waals surface area contributed by atoms with Gasteiger partial charge in [0.05, 0.1) is 12.0 Å². The van der Waals surface area contributed by atoms with Gasteiger partial charge in [-0.2, -0.15) is 0 Å². The minimum Gasteiger partial charge on any atom is -0.496 e. The fourth-order valence-electron chi connectivity index (χ4n) is 4.35. The zero-order valence-corrected chi connectivity index (χ0v) is 21.7. The monoisotopic (exact) mass is 503 g/mol. The van der Waals surface area contributed by atoms with E-state index in [0.717, 1.165) is 29.7 Å². The van der Waals surface area contributed by atoms with E-state index in [1.54, 1.807) is 12.0 Å². The van der Waals surface area contributed by atoms with Crippen LogP contribution in [0.4, 0.5) is 0 Å². The van der Waals surface area contributed by atoms with Crippen LogP contribution >= 0.6 is 11.3 Å². The van der Waals surface area contributed by atoms with Crippen LogP contribution in [0.5, 0.6) is 5.75 Å². The molecule has 0 radical (unpaired) electrons. The number of benzene rings is 2. The van der Waals surface area contributed by atoms with Crippen LogP contribution in [0.3, 0.4) is 0 Å². The van der Waals surface area contributed by atoms with Crippen molar-refractivity contribution in [3.8, 4) is 5.75 Å². The molecule has 0 unspecified atom stereocenters. The van der Waals surface area contributed by atoms with Gasteiger partial charge in [0, 0.05) is 42.3 Å². The number of amides is 2. The maximum absolute atomic E-state index is 13.7. The second kappa shape index (κ2) is 12.4. The third-order valence-corrected chi connectivity index (χ3v) is 7.22. The number of hydrogen-bond acceptors (Lipinski definition) is 4. The van der Waals surface area contributed by atoms with Crippen LogP contribution in [0.25, 0.3) is 10.9 Å². The summed E-state index contributed by atoms with van der Waals surface area (Å²) >= 11 is 1.41. The Balaban J connectivity index is 1.55. The molecular formula is C29H33N3O3S. The summed E-state index contributed by atoms with van der Waals surface area (Å²) in [5.41, 5.74) is 3.19. The lowest BCUT2D eigenvalue weighted by Gasteiger charge is -2.28. The standard InChI is InChI=1S/C29H33N3O3S/c1-3-4-16-32(29(34)27-14-9-18-36-27)21-28(33)31(20-23-10-5-8-13-26(23)35-2)17-15-22-19-30-25-12-7-6-11-24(22)25/h5-14,18-19,30H,3-4,15-17,20-21H2,1-2H3. The van der Waals surface area contributed by atoms with Crippen molar-refractivity contribution in [2.45, 2.75) is 32.7 Å². The third-order valence-electron chi connectivity index (χ3n) is 6.36. The summed E-state index contributed by atoms with van der Waals surface area (Å²) in [6.45, 7) is 3.65. The molecule has 0 spiro atoms. The third kappa shape index (κ3) is 6.15. The van der Waals surface area contributed by atoms with E-state index in [1.165, 1.54) is 22.3 Å². The van der Waals surface area contributed by atoms with Crippen molar-refractivity contribution in [1.82, 2.24) is 14.8 Å². The summed E-state index contributed by atoms with van der Waals surface area (Å²) in [6, 6.07) is 19.6. The molecule has 2 aromatic heterocycles. The van der Waals surface area contributed by atoms with Gasteiger partial charge in [-0.05, 0) is 42.0 Å². The first kappa shape index (κ1) is 25.5. The highest BCUT2D eigenvalue weighted by molar-refractivity contribution is 7.12. The molecule has 188 valence electrons. The summed E-state index contributed by atoms with van der Waals surface area (Å²) in [4.78, 5) is 34.4. The number of rotatable bonds is 12. The molecule has 2 amide bonds. The zero-order chi connectivity index (χ0) is 25.3. The fourth-order valence-corrected chi connectivity index (χ4v) is 5.04. The number of nitrogens with zero attached hydrogens (tertiary/aromatic N) is 2. The number of aromatic amines is 1. The quantitative estimate of drug-likeness (QED) is 0.268. The number of H-pyrrole nitrogens is 1. The lowest BCUT2D eigenvalue weighted by atomic mass is 10.1. The van der Waals surface area contributed by atoms with E-state index >= 15 is 0 Å². The van der Waals surface area contributed by atoms with Gasteiger partial charge in [0.2, 0.25) is 5.91 Å². The highest BCUT2D eigenvalue weighted by Gasteiger charge is 2.23. The number of methoxy groups -OCH3 is 1. The van der Waals surface area contributed by atoms with Gasteiger partial charge >= 0.3 is 0 Å². The molecule has 4 aromatic rings. The van der Waals surface area contributed by atoms with Gasteiger partial charge in [-0.25, -0.2) is 0 Å². The Bertz CT molecular complexity index is 1280. The fraction of sp³-hybridized carbons (Fsp3) is 0.310. The molecular weight excluding hydrogens is 470 g/mol. The van der Waals surface area contributed by atoms with Crippen LogP contribution < -0.4 is 4.74 Å². The van der Waals surface area contributed by atoms with Crippen LogP contribution in [-0.4, -0.2) is 53.3 Å². The van der Waals surface area contributed by atoms with E-state index in [1.807, 2.05) is 65.0 Å². The van der Waals surface area contributed by atoms with Crippen molar-refractivity contribution in [3.05, 3.63) is 88.2 Å². The summed E-state index contributed by atoms with van der Waals surface area (Å²) in [5, 5.41) is 3.06. The van der Waals surface area contributed by atoms with Gasteiger partial charge in [-0.1, -0.05) is 55.8 Å². The Kier molecular flexibility index (Phi) is 8.79. The Labute approximate surface area is 216 Å². The molecule has 0 aliphatic rings. The number of nitrogens with one attached hydrogen (secondary N) is 1. The predicted octanol–water partition coefficient (Wildman–Crippen LogP) is 5.75. The van der Waals surface area contributed by atoms with Crippen LogP contribution in [0.15, 0.2) is 72.2 Å². The Morgan fingerprint density at radius 1 is 0.944 bits per heavy atom. The van der Waals surface area contributed by atoms with Crippen molar-refractivity contribution in [3.63, 3.8) is 0 Å². The second-order valence-corrected chi connectivity index (χ2v) is 9.74. The van der Waals surface area contributed by atoms with Crippen LogP contribution in [0.2, 0.25) is 0 Å². The normalized spacial score (nSPS) is 10.9. The van der Waals surface area contributed by atoms with Crippen molar-refractivity contribution < 1.29 is 14.3 Å². The van der Waals surface area contributed by atoms with Crippen molar-refractivity contribution in [2.24, 2.45) is 0 Å². The van der Waals surface area contributed by atoms with E-state index in [9.17, 15) is 9.59 Å². The molecule has 1 N–H and O–H groups in total. The molecule has 2 aromatic carbocycles. The Morgan fingerprint density at radius 2 is 1.75 bits per heavy atom. The highest BCUT2D eigenvalue weighted by Crippen LogP contribution is 2.22. The maximum atomic E-state index is 13.7. The van der Waals surface area contributed by atoms with Crippen molar-refractivity contribution >= 4 is 34.1 Å². The molecule has 0 saturated heterocycles. The number of para-hydroxylation sites is 2. The van der Waals surface area contributed by atoms with Gasteiger partial charge in [-0.3, -0.25) is 9.59 Å². The topological polar surface area (TPSA) is 65.6 Å². The maximum Gasteiger partial charge on any atom is 0.264 e. The van der Waals surface area contributed by atoms with E-state index < -0.39 is 0 Å². The Hall–Kier alpha value is -3.58. The van der Waals surface area contributed by atoms with Gasteiger partial charge < -0.3 is 19.5 Å². The first-order chi connectivity index (χ1) is 17.6. The number of aromatic nitrogens is 1. The second-order valence-electron chi connectivity index (χ2n) is 8.79. The molecule has 0 aliphatic carbocycles. The number of carbonyl (C=O) groups excluding carboxylic acids is 2. The minimum atomic E-state index is -0.0827. The van der Waals surface area contributed by atoms with Crippen molar-refractivity contribution in [2.75, 3.05) is 26.7 Å². The molecule has 4 rings (SSSR count). The minimum absolute atomic E-state index is 0.0553. The van der Waals surface area contributed by atoms with Gasteiger partial charge in [0.1, 0.15) is 12.3 Å². The van der Waals surface area contributed by atoms with E-state index in [4.69, 9.17) is 4.74 Å². The van der Waals surface area contributed by atoms with Crippen LogP contribution in [-0.2, 0) is 17.8 Å². The molecule has 7 heteroatoms. The number of thiophene rings is 1. The van der Waals surface area contributed by atoms with E-state index in [-0.39, 0.29) is 18.4 Å². The van der Waals surface area contributed by atoms with Gasteiger partial charge in [0.15, 0.2) is 0 Å². The predicted molar refractivity (Wildman–Crippen MR) is 146 cm³/mol. The lowest BCUT2D eigenvalue weighted by Crippen LogP contribution is -2.43. The van der Waals surface area contributed by atoms with Crippen LogP contribution in [0.1, 0.15) is 40.6 Å². The van der Waals surface area contributed by atoms with Crippen molar-refractivity contribution in [1.29, 1.82) is 0 Å². The largest absolute Gasteiger partial charge is 0.496 e. The smallest absolute Gasteiger partial charge is 0.264 e. The first-order valence-electron chi connectivity index (χ1n) is 12.4. The summed E-state index contributed by atoms with van der Waals surface area (Å²) in [7, 11) is 1.64. The number of fused-ring (bicyclic) bond motifs is 1. The molecule has 0 fully saturated rings. The molecule has 0 bridgehead atoms. The van der Waals surface area contributed by atoms with Crippen LogP contribution in [0, 0.1) is 0 Å². The summed E-state index contributed by atoms with van der Waals surface area (Å²) in [5.74, 6) is 0.599. The molecule has 36 heavy (non-hydrogen) atoms. The first-order valence-corrected chi connectivity index (χ1v) is 13.3. The number of unbranched alkanes of at least 4 members (excludes halogenated alkanes) is 1. The van der Waals surface area contributed by atoms with Gasteiger partial charge in [0.25, 0.3) is 5.91 Å². The molecule has 0 saturated carbocycles. The average molecular weight is 504 g/mol. The van der Waals surface area contributed by atoms with E-state index in [2.05, 4.69) is 24.0 Å². The number of hydrogen-bond donors (Lipinski definition) is 1. The molecule has 0 atom stereocenters. The molecule has 6 nitrogen and oxygen atoms in total. The SMILES string of the molecule is CCCCN(CC(=O)N(CCc1c[nH]c2ccccc12)Cc1ccccc1OC)C(=O)c1cccs1. The molecule has 0 aliphatic heterocycles. The van der Waals surface area contributed by atoms with E-state index in [0.29, 0.717) is 30.9 Å². The lowest BCUT2D eigenvalue weighted by molar-refractivity contribution is -0.132. The number of ether oxygens (including phenoxy) is 1. The highest BCUT2D eigenvalue weighted by atomic mass is 32.1. The number of carbonyl (C=O) groups is 2. The molecule has 2 heterocycles. The Morgan fingerprint density at radius 3 is 2.53 bits per heavy atom. The average Bonchev–Trinajstić information content (AvgIpc) is 3.59. The summed E-state index contributed by atoms with van der Waals surface area (Å²) in [6.07, 6.45) is 4.53.